The predicted molar refractivity (Wildman–Crippen MR) is 67.8 cm³/mol. The average molecular weight is 252 g/mol. The first-order chi connectivity index (χ1) is 8.75. The van der Waals surface area contributed by atoms with Crippen molar-refractivity contribution in [2.24, 2.45) is 0 Å². The lowest BCUT2D eigenvalue weighted by Crippen LogP contribution is -2.55. The molecule has 1 unspecified atom stereocenters. The van der Waals surface area contributed by atoms with Crippen molar-refractivity contribution < 1.29 is 8.78 Å². The lowest BCUT2D eigenvalue weighted by atomic mass is 9.99. The minimum Gasteiger partial charge on any atom is -0.364 e. The standard InChI is InChI=1S/C14H18F2N2/c15-12-5-3-6-13(16)14(12)18-9-8-17-7-2-1-4-11(17)10-18/h3,5-6,11H,1-2,4,7-10H2. The molecule has 0 amide bonds. The van der Waals surface area contributed by atoms with Gasteiger partial charge in [-0.1, -0.05) is 12.5 Å². The molecular weight excluding hydrogens is 234 g/mol. The van der Waals surface area contributed by atoms with Gasteiger partial charge in [0.25, 0.3) is 0 Å². The highest BCUT2D eigenvalue weighted by molar-refractivity contribution is 5.49. The lowest BCUT2D eigenvalue weighted by Gasteiger charge is -2.44. The molecule has 1 aromatic carbocycles. The van der Waals surface area contributed by atoms with E-state index in [0.717, 1.165) is 26.1 Å². The zero-order valence-electron chi connectivity index (χ0n) is 10.4. The Kier molecular flexibility index (Phi) is 3.20. The summed E-state index contributed by atoms with van der Waals surface area (Å²) >= 11 is 0. The summed E-state index contributed by atoms with van der Waals surface area (Å²) in [7, 11) is 0. The van der Waals surface area contributed by atoms with Crippen LogP contribution in [-0.4, -0.2) is 37.1 Å². The number of hydrogen-bond acceptors (Lipinski definition) is 2. The van der Waals surface area contributed by atoms with Crippen LogP contribution in [-0.2, 0) is 0 Å². The minimum atomic E-state index is -0.445. The number of halogens is 2. The lowest BCUT2D eigenvalue weighted by molar-refractivity contribution is 0.133. The van der Waals surface area contributed by atoms with E-state index in [2.05, 4.69) is 4.90 Å². The second-order valence-electron chi connectivity index (χ2n) is 5.20. The first-order valence-corrected chi connectivity index (χ1v) is 6.69. The molecule has 2 fully saturated rings. The maximum atomic E-state index is 13.8. The van der Waals surface area contributed by atoms with E-state index in [-0.39, 0.29) is 5.69 Å². The van der Waals surface area contributed by atoms with Crippen LogP contribution in [0.4, 0.5) is 14.5 Å². The Balaban J connectivity index is 1.81. The fourth-order valence-electron chi connectivity index (χ4n) is 3.15. The molecule has 2 heterocycles. The normalized spacial score (nSPS) is 25.0. The molecule has 1 atom stereocenters. The number of piperidine rings is 1. The molecule has 0 bridgehead atoms. The van der Waals surface area contributed by atoms with Gasteiger partial charge in [0.15, 0.2) is 0 Å². The van der Waals surface area contributed by atoms with E-state index in [1.54, 1.807) is 0 Å². The molecule has 3 rings (SSSR count). The molecular formula is C14H18F2N2. The van der Waals surface area contributed by atoms with E-state index in [9.17, 15) is 8.78 Å². The zero-order valence-corrected chi connectivity index (χ0v) is 10.4. The van der Waals surface area contributed by atoms with Gasteiger partial charge in [-0.05, 0) is 31.5 Å². The second-order valence-corrected chi connectivity index (χ2v) is 5.20. The van der Waals surface area contributed by atoms with E-state index in [1.165, 1.54) is 31.0 Å². The SMILES string of the molecule is Fc1cccc(F)c1N1CCN2CCCCC2C1. The molecule has 0 N–H and O–H groups in total. The monoisotopic (exact) mass is 252 g/mol. The maximum Gasteiger partial charge on any atom is 0.149 e. The molecule has 2 aliphatic heterocycles. The molecule has 0 radical (unpaired) electrons. The summed E-state index contributed by atoms with van der Waals surface area (Å²) in [5, 5.41) is 0. The summed E-state index contributed by atoms with van der Waals surface area (Å²) in [6, 6.07) is 4.56. The first kappa shape index (κ1) is 11.9. The van der Waals surface area contributed by atoms with Gasteiger partial charge in [0.2, 0.25) is 0 Å². The molecule has 1 aromatic rings. The van der Waals surface area contributed by atoms with Gasteiger partial charge in [-0.25, -0.2) is 8.78 Å². The van der Waals surface area contributed by atoms with Crippen molar-refractivity contribution in [2.45, 2.75) is 25.3 Å². The Hall–Kier alpha value is -1.16. The highest BCUT2D eigenvalue weighted by Crippen LogP contribution is 2.28. The smallest absolute Gasteiger partial charge is 0.149 e. The number of nitrogens with zero attached hydrogens (tertiary/aromatic N) is 2. The van der Waals surface area contributed by atoms with Crippen molar-refractivity contribution in [3.63, 3.8) is 0 Å². The van der Waals surface area contributed by atoms with Gasteiger partial charge in [-0.15, -0.1) is 0 Å². The minimum absolute atomic E-state index is 0.155. The van der Waals surface area contributed by atoms with Gasteiger partial charge in [0.1, 0.15) is 17.3 Å². The first-order valence-electron chi connectivity index (χ1n) is 6.69. The molecule has 0 saturated carbocycles. The topological polar surface area (TPSA) is 6.48 Å². The van der Waals surface area contributed by atoms with Crippen LogP contribution in [0, 0.1) is 11.6 Å². The number of anilines is 1. The van der Waals surface area contributed by atoms with Crippen LogP contribution in [0.3, 0.4) is 0 Å². The highest BCUT2D eigenvalue weighted by Gasteiger charge is 2.30. The number of rotatable bonds is 1. The number of benzene rings is 1. The Morgan fingerprint density at radius 1 is 1.00 bits per heavy atom. The molecule has 0 spiro atoms. The zero-order chi connectivity index (χ0) is 12.5. The summed E-state index contributed by atoms with van der Waals surface area (Å²) in [4.78, 5) is 4.33. The van der Waals surface area contributed by atoms with Gasteiger partial charge in [0.05, 0.1) is 0 Å². The summed E-state index contributed by atoms with van der Waals surface area (Å²) < 4.78 is 27.5. The Labute approximate surface area is 106 Å². The van der Waals surface area contributed by atoms with Gasteiger partial charge in [-0.2, -0.15) is 0 Å². The van der Waals surface area contributed by atoms with Gasteiger partial charge >= 0.3 is 0 Å². The van der Waals surface area contributed by atoms with Crippen molar-refractivity contribution in [3.8, 4) is 0 Å². The summed E-state index contributed by atoms with van der Waals surface area (Å²) in [6.45, 7) is 3.52. The van der Waals surface area contributed by atoms with Crippen LogP contribution in [0.1, 0.15) is 19.3 Å². The fourth-order valence-corrected chi connectivity index (χ4v) is 3.15. The molecule has 0 aromatic heterocycles. The Morgan fingerprint density at radius 3 is 2.56 bits per heavy atom. The van der Waals surface area contributed by atoms with Crippen molar-refractivity contribution in [1.82, 2.24) is 4.90 Å². The number of para-hydroxylation sites is 1. The number of piperazine rings is 1. The van der Waals surface area contributed by atoms with Crippen LogP contribution < -0.4 is 4.90 Å². The predicted octanol–water partition coefficient (Wildman–Crippen LogP) is 2.64. The third-order valence-corrected chi connectivity index (χ3v) is 4.09. The largest absolute Gasteiger partial charge is 0.364 e. The van der Waals surface area contributed by atoms with Crippen LogP contribution in [0.5, 0.6) is 0 Å². The maximum absolute atomic E-state index is 13.8. The molecule has 98 valence electrons. The van der Waals surface area contributed by atoms with E-state index < -0.39 is 11.6 Å². The van der Waals surface area contributed by atoms with Crippen LogP contribution in [0.2, 0.25) is 0 Å². The summed E-state index contributed by atoms with van der Waals surface area (Å²) in [5.41, 5.74) is 0.155. The van der Waals surface area contributed by atoms with Crippen molar-refractivity contribution >= 4 is 5.69 Å². The molecule has 2 aliphatic rings. The summed E-state index contributed by atoms with van der Waals surface area (Å²) in [5.74, 6) is -0.890. The number of hydrogen-bond donors (Lipinski definition) is 0. The summed E-state index contributed by atoms with van der Waals surface area (Å²) in [6.07, 6.45) is 3.63. The van der Waals surface area contributed by atoms with E-state index in [0.29, 0.717) is 12.6 Å². The van der Waals surface area contributed by atoms with Crippen LogP contribution in [0.15, 0.2) is 18.2 Å². The highest BCUT2D eigenvalue weighted by atomic mass is 19.1. The van der Waals surface area contributed by atoms with Gasteiger partial charge in [-0.3, -0.25) is 4.90 Å². The van der Waals surface area contributed by atoms with Gasteiger partial charge < -0.3 is 4.90 Å². The van der Waals surface area contributed by atoms with Crippen molar-refractivity contribution in [3.05, 3.63) is 29.8 Å². The Bertz CT molecular complexity index is 416. The van der Waals surface area contributed by atoms with Crippen molar-refractivity contribution in [1.29, 1.82) is 0 Å². The van der Waals surface area contributed by atoms with Crippen LogP contribution >= 0.6 is 0 Å². The average Bonchev–Trinajstić information content (AvgIpc) is 2.38. The molecule has 2 nitrogen and oxygen atoms in total. The number of fused-ring (bicyclic) bond motifs is 1. The van der Waals surface area contributed by atoms with Crippen molar-refractivity contribution in [2.75, 3.05) is 31.1 Å². The second kappa shape index (κ2) is 4.84. The quantitative estimate of drug-likeness (QED) is 0.758. The third-order valence-electron chi connectivity index (χ3n) is 4.09. The van der Waals surface area contributed by atoms with E-state index in [4.69, 9.17) is 0 Å². The fraction of sp³-hybridized carbons (Fsp3) is 0.571. The van der Waals surface area contributed by atoms with Gasteiger partial charge in [0, 0.05) is 25.7 Å². The Morgan fingerprint density at radius 2 is 1.78 bits per heavy atom. The van der Waals surface area contributed by atoms with E-state index >= 15 is 0 Å². The third kappa shape index (κ3) is 2.09. The molecule has 0 aliphatic carbocycles. The molecule has 2 saturated heterocycles. The molecule has 4 heteroatoms. The molecule has 18 heavy (non-hydrogen) atoms. The van der Waals surface area contributed by atoms with Crippen LogP contribution in [0.25, 0.3) is 0 Å². The van der Waals surface area contributed by atoms with E-state index in [1.807, 2.05) is 4.90 Å².